The number of aryl methyl sites for hydroxylation is 1. The van der Waals surface area contributed by atoms with E-state index in [4.69, 9.17) is 21.4 Å². The molecule has 1 amide bonds. The molecule has 1 aromatic heterocycles. The van der Waals surface area contributed by atoms with Crippen LogP contribution in [0.15, 0.2) is 60.7 Å². The molecule has 7 heteroatoms. The third kappa shape index (κ3) is 4.35. The first-order chi connectivity index (χ1) is 13.5. The average molecular weight is 399 g/mol. The number of nitrogens with zero attached hydrogens (tertiary/aromatic N) is 1. The lowest BCUT2D eigenvalue weighted by Crippen LogP contribution is -2.26. The van der Waals surface area contributed by atoms with E-state index >= 15 is 0 Å². The zero-order valence-corrected chi connectivity index (χ0v) is 15.9. The number of carboxylic acid groups (broad SMARTS) is 1. The van der Waals surface area contributed by atoms with E-state index in [1.807, 2.05) is 18.2 Å². The number of aliphatic carboxylic acids is 1. The summed E-state index contributed by atoms with van der Waals surface area (Å²) in [5.41, 5.74) is 5.48. The summed E-state index contributed by atoms with van der Waals surface area (Å²) < 4.78 is 6.87. The number of aromatic nitrogens is 1. The van der Waals surface area contributed by atoms with Gasteiger partial charge in [-0.25, -0.2) is 0 Å². The van der Waals surface area contributed by atoms with Crippen molar-refractivity contribution in [3.63, 3.8) is 0 Å². The smallest absolute Gasteiger partial charge is 0.303 e. The minimum Gasteiger partial charge on any atom is -0.496 e. The maximum atomic E-state index is 12.9. The van der Waals surface area contributed by atoms with Crippen molar-refractivity contribution in [2.75, 3.05) is 12.5 Å². The maximum absolute atomic E-state index is 12.9. The van der Waals surface area contributed by atoms with Crippen LogP contribution in [0, 0.1) is 0 Å². The second-order valence-corrected chi connectivity index (χ2v) is 6.52. The van der Waals surface area contributed by atoms with Crippen molar-refractivity contribution in [2.45, 2.75) is 12.8 Å². The van der Waals surface area contributed by atoms with Crippen LogP contribution in [0.25, 0.3) is 11.3 Å². The van der Waals surface area contributed by atoms with Gasteiger partial charge in [-0.3, -0.25) is 19.7 Å². The Morgan fingerprint density at radius 2 is 1.79 bits per heavy atom. The molecule has 0 fully saturated rings. The molecule has 3 rings (SSSR count). The van der Waals surface area contributed by atoms with Crippen LogP contribution >= 0.6 is 11.6 Å². The third-order valence-electron chi connectivity index (χ3n) is 4.26. The molecule has 1 heterocycles. The van der Waals surface area contributed by atoms with Gasteiger partial charge >= 0.3 is 5.97 Å². The van der Waals surface area contributed by atoms with E-state index in [-0.39, 0.29) is 18.7 Å². The molecule has 0 saturated carbocycles. The number of hydrogen-bond donors (Lipinski definition) is 2. The molecule has 28 heavy (non-hydrogen) atoms. The van der Waals surface area contributed by atoms with Crippen molar-refractivity contribution in [1.82, 2.24) is 4.68 Å². The fourth-order valence-corrected chi connectivity index (χ4v) is 3.01. The average Bonchev–Trinajstić information content (AvgIpc) is 3.09. The van der Waals surface area contributed by atoms with Gasteiger partial charge in [0.05, 0.1) is 24.8 Å². The number of para-hydroxylation sites is 1. The Labute approximate surface area is 167 Å². The zero-order chi connectivity index (χ0) is 20.1. The Kier molecular flexibility index (Phi) is 6.01. The Balaban J connectivity index is 1.98. The Hall–Kier alpha value is -3.25. The highest BCUT2D eigenvalue weighted by molar-refractivity contribution is 6.30. The van der Waals surface area contributed by atoms with Crippen LogP contribution in [0.5, 0.6) is 5.75 Å². The van der Waals surface area contributed by atoms with E-state index in [0.717, 1.165) is 11.3 Å². The van der Waals surface area contributed by atoms with Gasteiger partial charge < -0.3 is 9.84 Å². The quantitative estimate of drug-likeness (QED) is 0.624. The summed E-state index contributed by atoms with van der Waals surface area (Å²) in [6.45, 7) is 0. The Bertz CT molecular complexity index is 996. The lowest BCUT2D eigenvalue weighted by atomic mass is 10.1. The first kappa shape index (κ1) is 19.5. The normalized spacial score (nSPS) is 10.5. The first-order valence-corrected chi connectivity index (χ1v) is 9.00. The summed E-state index contributed by atoms with van der Waals surface area (Å²) in [6.07, 6.45) is 0.226. The predicted molar refractivity (Wildman–Crippen MR) is 108 cm³/mol. The molecule has 0 atom stereocenters. The number of methoxy groups -OCH3 is 1. The Morgan fingerprint density at radius 3 is 2.46 bits per heavy atom. The maximum Gasteiger partial charge on any atom is 0.303 e. The number of halogens is 1. The molecule has 0 radical (unpaired) electrons. The van der Waals surface area contributed by atoms with Crippen molar-refractivity contribution in [3.05, 3.63) is 76.9 Å². The van der Waals surface area contributed by atoms with Gasteiger partial charge in [-0.1, -0.05) is 35.9 Å². The molecule has 6 nitrogen and oxygen atoms in total. The number of amides is 1. The van der Waals surface area contributed by atoms with Crippen LogP contribution in [0.4, 0.5) is 0 Å². The molecule has 0 unspecified atom stereocenters. The van der Waals surface area contributed by atoms with Gasteiger partial charge in [-0.2, -0.15) is 0 Å². The largest absolute Gasteiger partial charge is 0.496 e. The molecule has 144 valence electrons. The zero-order valence-electron chi connectivity index (χ0n) is 15.2. The van der Waals surface area contributed by atoms with E-state index in [9.17, 15) is 9.59 Å². The number of ether oxygens (including phenoxy) is 1. The van der Waals surface area contributed by atoms with Crippen LogP contribution in [-0.2, 0) is 11.2 Å². The third-order valence-corrected chi connectivity index (χ3v) is 4.51. The van der Waals surface area contributed by atoms with E-state index < -0.39 is 5.97 Å². The van der Waals surface area contributed by atoms with Gasteiger partial charge in [0.25, 0.3) is 5.91 Å². The van der Waals surface area contributed by atoms with Crippen LogP contribution < -0.4 is 10.2 Å². The molecule has 2 N–H and O–H groups in total. The summed E-state index contributed by atoms with van der Waals surface area (Å²) in [6, 6.07) is 17.7. The van der Waals surface area contributed by atoms with Gasteiger partial charge in [0.2, 0.25) is 0 Å². The highest BCUT2D eigenvalue weighted by Gasteiger charge is 2.17. The number of rotatable bonds is 7. The van der Waals surface area contributed by atoms with Gasteiger partial charge in [0.15, 0.2) is 0 Å². The van der Waals surface area contributed by atoms with Crippen molar-refractivity contribution >= 4 is 23.5 Å². The van der Waals surface area contributed by atoms with Gasteiger partial charge in [-0.05, 0) is 36.4 Å². The molecule has 2 aromatic carbocycles. The number of carbonyl (C=O) groups is 2. The minimum atomic E-state index is -0.906. The number of benzene rings is 2. The number of carboxylic acids is 1. The van der Waals surface area contributed by atoms with E-state index in [1.165, 1.54) is 7.11 Å². The van der Waals surface area contributed by atoms with E-state index in [2.05, 4.69) is 5.43 Å². The van der Waals surface area contributed by atoms with Gasteiger partial charge in [-0.15, -0.1) is 0 Å². The fraction of sp³-hybridized carbons (Fsp3) is 0.143. The van der Waals surface area contributed by atoms with Crippen molar-refractivity contribution in [2.24, 2.45) is 0 Å². The predicted octanol–water partition coefficient (Wildman–Crippen LogP) is 4.22. The van der Waals surface area contributed by atoms with Crippen LogP contribution in [0.2, 0.25) is 5.02 Å². The highest BCUT2D eigenvalue weighted by atomic mass is 35.5. The van der Waals surface area contributed by atoms with Gasteiger partial charge in [0, 0.05) is 22.7 Å². The van der Waals surface area contributed by atoms with Crippen molar-refractivity contribution < 1.29 is 19.4 Å². The number of carbonyl (C=O) groups excluding carboxylic acids is 1. The fourth-order valence-electron chi connectivity index (χ4n) is 2.88. The van der Waals surface area contributed by atoms with E-state index in [0.29, 0.717) is 22.0 Å². The molecular formula is C21H19ClN2O4. The summed E-state index contributed by atoms with van der Waals surface area (Å²) in [4.78, 5) is 23.9. The molecule has 0 aliphatic carbocycles. The summed E-state index contributed by atoms with van der Waals surface area (Å²) in [5, 5.41) is 9.62. The number of hydrogen-bond acceptors (Lipinski definition) is 3. The first-order valence-electron chi connectivity index (χ1n) is 8.62. The minimum absolute atomic E-state index is 0.0470. The second kappa shape index (κ2) is 8.63. The van der Waals surface area contributed by atoms with Crippen LogP contribution in [0.3, 0.4) is 0 Å². The topological polar surface area (TPSA) is 80.6 Å². The highest BCUT2D eigenvalue weighted by Crippen LogP contribution is 2.25. The lowest BCUT2D eigenvalue weighted by Gasteiger charge is -2.16. The Morgan fingerprint density at radius 1 is 1.07 bits per heavy atom. The molecule has 0 spiro atoms. The molecule has 0 bridgehead atoms. The molecule has 3 aromatic rings. The standard InChI is InChI=1S/C21H19ClN2O4/c1-28-19-5-3-2-4-17(19)21(27)23-24-16(11-13-20(25)26)10-12-18(24)14-6-8-15(22)9-7-14/h2-10,12H,11,13H2,1H3,(H,23,27)(H,25,26). The molecular weight excluding hydrogens is 380 g/mol. The SMILES string of the molecule is COc1ccccc1C(=O)Nn1c(CCC(=O)O)ccc1-c1ccc(Cl)cc1. The molecule has 0 aliphatic rings. The van der Waals surface area contributed by atoms with Crippen LogP contribution in [-0.4, -0.2) is 28.8 Å². The van der Waals surface area contributed by atoms with Gasteiger partial charge in [0.1, 0.15) is 5.75 Å². The van der Waals surface area contributed by atoms with Crippen molar-refractivity contribution in [1.29, 1.82) is 0 Å². The molecule has 0 saturated heterocycles. The van der Waals surface area contributed by atoms with Crippen molar-refractivity contribution in [3.8, 4) is 17.0 Å². The summed E-state index contributed by atoms with van der Waals surface area (Å²) in [5.74, 6) is -0.815. The monoisotopic (exact) mass is 398 g/mol. The number of nitrogens with one attached hydrogen (secondary N) is 1. The second-order valence-electron chi connectivity index (χ2n) is 6.09. The summed E-state index contributed by atoms with van der Waals surface area (Å²) in [7, 11) is 1.50. The van der Waals surface area contributed by atoms with E-state index in [1.54, 1.807) is 47.1 Å². The van der Waals surface area contributed by atoms with Crippen LogP contribution in [0.1, 0.15) is 22.5 Å². The lowest BCUT2D eigenvalue weighted by molar-refractivity contribution is -0.136. The summed E-state index contributed by atoms with van der Waals surface area (Å²) >= 11 is 5.97. The molecule has 0 aliphatic heterocycles.